The summed E-state index contributed by atoms with van der Waals surface area (Å²) in [7, 11) is -3.68. The molecule has 1 fully saturated rings. The molecule has 1 spiro atoms. The lowest BCUT2D eigenvalue weighted by Crippen LogP contribution is -2.45. The summed E-state index contributed by atoms with van der Waals surface area (Å²) in [5.74, 6) is 0.0292. The molecule has 6 nitrogen and oxygen atoms in total. The van der Waals surface area contributed by atoms with Crippen LogP contribution in [0.5, 0.6) is 5.75 Å². The highest BCUT2D eigenvalue weighted by Crippen LogP contribution is 2.45. The number of esters is 1. The summed E-state index contributed by atoms with van der Waals surface area (Å²) in [4.78, 5) is 12.4. The maximum absolute atomic E-state index is 13.1. The van der Waals surface area contributed by atoms with Crippen LogP contribution in [0.2, 0.25) is 0 Å². The largest absolute Gasteiger partial charge is 0.492 e. The number of carbonyl (C=O) groups is 1. The van der Waals surface area contributed by atoms with E-state index in [4.69, 9.17) is 9.47 Å². The average molecular weight is 387 g/mol. The number of sulfonamides is 1. The summed E-state index contributed by atoms with van der Waals surface area (Å²) in [5, 5.41) is 0. The number of nitrogens with zero attached hydrogens (tertiary/aromatic N) is 1. The molecule has 2 heterocycles. The van der Waals surface area contributed by atoms with Gasteiger partial charge < -0.3 is 9.47 Å². The third-order valence-electron chi connectivity index (χ3n) is 5.22. The average Bonchev–Trinajstić information content (AvgIpc) is 2.95. The molecule has 0 unspecified atom stereocenters. The normalized spacial score (nSPS) is 18.9. The van der Waals surface area contributed by atoms with E-state index in [1.807, 2.05) is 25.1 Å². The highest BCUT2D eigenvalue weighted by Gasteiger charge is 2.48. The Morgan fingerprint density at radius 3 is 2.48 bits per heavy atom. The number of para-hydroxylation sites is 1. The maximum atomic E-state index is 13.1. The van der Waals surface area contributed by atoms with Gasteiger partial charge in [0.25, 0.3) is 0 Å². The number of carbonyl (C=O) groups excluding carboxylic acids is 1. The first-order valence-electron chi connectivity index (χ1n) is 9.03. The van der Waals surface area contributed by atoms with Gasteiger partial charge in [-0.1, -0.05) is 30.3 Å². The Hall–Kier alpha value is -2.38. The monoisotopic (exact) mass is 387 g/mol. The van der Waals surface area contributed by atoms with Crippen molar-refractivity contribution in [2.45, 2.75) is 30.3 Å². The van der Waals surface area contributed by atoms with E-state index < -0.39 is 15.6 Å². The Morgan fingerprint density at radius 2 is 1.74 bits per heavy atom. The number of fused-ring (bicyclic) bond motifs is 2. The number of hydrogen-bond donors (Lipinski definition) is 0. The fourth-order valence-corrected chi connectivity index (χ4v) is 5.46. The summed E-state index contributed by atoms with van der Waals surface area (Å²) < 4.78 is 38.9. The highest BCUT2D eigenvalue weighted by atomic mass is 32.2. The van der Waals surface area contributed by atoms with Gasteiger partial charge in [-0.25, -0.2) is 13.2 Å². The van der Waals surface area contributed by atoms with E-state index in [-0.39, 0.29) is 24.0 Å². The number of piperidine rings is 1. The van der Waals surface area contributed by atoms with Crippen LogP contribution in [0.25, 0.3) is 0 Å². The molecule has 0 bridgehead atoms. The van der Waals surface area contributed by atoms with Gasteiger partial charge in [0, 0.05) is 31.5 Å². The van der Waals surface area contributed by atoms with Crippen molar-refractivity contribution in [3.63, 3.8) is 0 Å². The van der Waals surface area contributed by atoms with Crippen LogP contribution in [0.4, 0.5) is 0 Å². The molecule has 0 amide bonds. The molecule has 0 aliphatic carbocycles. The lowest BCUT2D eigenvalue weighted by Gasteiger charge is -2.38. The van der Waals surface area contributed by atoms with Crippen molar-refractivity contribution in [3.8, 4) is 5.75 Å². The first kappa shape index (κ1) is 18.0. The van der Waals surface area contributed by atoms with Crippen molar-refractivity contribution in [1.29, 1.82) is 0 Å². The molecule has 142 valence electrons. The fourth-order valence-electron chi connectivity index (χ4n) is 3.88. The molecule has 7 heteroatoms. The SMILES string of the molecule is CCOc1ccccc1S(=O)(=O)N1CCC2(CC1)OC(=O)c1ccccc12. The van der Waals surface area contributed by atoms with Gasteiger partial charge >= 0.3 is 5.97 Å². The van der Waals surface area contributed by atoms with E-state index in [1.54, 1.807) is 30.3 Å². The molecular weight excluding hydrogens is 366 g/mol. The molecule has 1 saturated heterocycles. The summed E-state index contributed by atoms with van der Waals surface area (Å²) in [6.07, 6.45) is 0.873. The van der Waals surface area contributed by atoms with Crippen LogP contribution in [0.15, 0.2) is 53.4 Å². The number of hydrogen-bond acceptors (Lipinski definition) is 5. The Balaban J connectivity index is 1.59. The predicted molar refractivity (Wildman–Crippen MR) is 99.1 cm³/mol. The molecular formula is C20H21NO5S. The van der Waals surface area contributed by atoms with Gasteiger partial charge in [-0.05, 0) is 25.1 Å². The van der Waals surface area contributed by atoms with Crippen LogP contribution in [-0.2, 0) is 20.4 Å². The van der Waals surface area contributed by atoms with E-state index in [0.717, 1.165) is 5.56 Å². The van der Waals surface area contributed by atoms with Crippen molar-refractivity contribution in [2.75, 3.05) is 19.7 Å². The first-order valence-corrected chi connectivity index (χ1v) is 10.5. The second kappa shape index (κ2) is 6.65. The minimum atomic E-state index is -3.68. The maximum Gasteiger partial charge on any atom is 0.339 e. The quantitative estimate of drug-likeness (QED) is 0.754. The van der Waals surface area contributed by atoms with Gasteiger partial charge in [-0.3, -0.25) is 0 Å². The molecule has 2 aliphatic heterocycles. The van der Waals surface area contributed by atoms with Crippen molar-refractivity contribution in [3.05, 3.63) is 59.7 Å². The molecule has 0 saturated carbocycles. The van der Waals surface area contributed by atoms with E-state index in [2.05, 4.69) is 0 Å². The van der Waals surface area contributed by atoms with Crippen molar-refractivity contribution in [1.82, 2.24) is 4.31 Å². The molecule has 0 atom stereocenters. The van der Waals surface area contributed by atoms with Gasteiger partial charge in [-0.2, -0.15) is 4.31 Å². The smallest absolute Gasteiger partial charge is 0.339 e. The summed E-state index contributed by atoms with van der Waals surface area (Å²) >= 11 is 0. The molecule has 2 aromatic carbocycles. The predicted octanol–water partition coefficient (Wildman–Crippen LogP) is 2.94. The molecule has 2 aromatic rings. The molecule has 0 radical (unpaired) electrons. The molecule has 27 heavy (non-hydrogen) atoms. The molecule has 2 aliphatic rings. The van der Waals surface area contributed by atoms with Crippen LogP contribution in [0.3, 0.4) is 0 Å². The Morgan fingerprint density at radius 1 is 1.07 bits per heavy atom. The van der Waals surface area contributed by atoms with E-state index in [9.17, 15) is 13.2 Å². The number of ether oxygens (including phenoxy) is 2. The Labute approximate surface area is 158 Å². The van der Waals surface area contributed by atoms with Crippen molar-refractivity contribution in [2.24, 2.45) is 0 Å². The first-order chi connectivity index (χ1) is 13.0. The van der Waals surface area contributed by atoms with E-state index in [1.165, 1.54) is 4.31 Å². The van der Waals surface area contributed by atoms with Gasteiger partial charge in [-0.15, -0.1) is 0 Å². The summed E-state index contributed by atoms with van der Waals surface area (Å²) in [6.45, 7) is 2.77. The van der Waals surface area contributed by atoms with E-state index >= 15 is 0 Å². The topological polar surface area (TPSA) is 72.9 Å². The van der Waals surface area contributed by atoms with Crippen LogP contribution >= 0.6 is 0 Å². The van der Waals surface area contributed by atoms with Crippen molar-refractivity contribution < 1.29 is 22.7 Å². The third kappa shape index (κ3) is 2.91. The third-order valence-corrected chi connectivity index (χ3v) is 7.16. The standard InChI is InChI=1S/C20H21NO5S/c1-2-25-17-9-5-6-10-18(17)27(23,24)21-13-11-20(12-14-21)16-8-4-3-7-15(16)19(22)26-20/h3-10H,2,11-14H2,1H3. The zero-order valence-electron chi connectivity index (χ0n) is 15.1. The fraction of sp³-hybridized carbons (Fsp3) is 0.350. The zero-order valence-corrected chi connectivity index (χ0v) is 15.9. The minimum absolute atomic E-state index is 0.173. The number of rotatable bonds is 4. The number of benzene rings is 2. The van der Waals surface area contributed by atoms with Crippen LogP contribution in [0, 0.1) is 0 Å². The van der Waals surface area contributed by atoms with Gasteiger partial charge in [0.1, 0.15) is 16.2 Å². The Bertz CT molecular complexity index is 977. The molecule has 0 aromatic heterocycles. The van der Waals surface area contributed by atoms with Crippen LogP contribution in [0.1, 0.15) is 35.7 Å². The lowest BCUT2D eigenvalue weighted by atomic mass is 9.84. The minimum Gasteiger partial charge on any atom is -0.492 e. The lowest BCUT2D eigenvalue weighted by molar-refractivity contribution is -0.0329. The van der Waals surface area contributed by atoms with Crippen LogP contribution < -0.4 is 4.74 Å². The molecule has 4 rings (SSSR count). The van der Waals surface area contributed by atoms with E-state index in [0.29, 0.717) is 30.8 Å². The second-order valence-corrected chi connectivity index (χ2v) is 8.62. The van der Waals surface area contributed by atoms with Gasteiger partial charge in [0.2, 0.25) is 10.0 Å². The molecule has 0 N–H and O–H groups in total. The second-order valence-electron chi connectivity index (χ2n) is 6.71. The van der Waals surface area contributed by atoms with Crippen molar-refractivity contribution >= 4 is 16.0 Å². The van der Waals surface area contributed by atoms with Gasteiger partial charge in [0.15, 0.2) is 0 Å². The van der Waals surface area contributed by atoms with Gasteiger partial charge in [0.05, 0.1) is 12.2 Å². The Kier molecular flexibility index (Phi) is 4.44. The summed E-state index contributed by atoms with van der Waals surface area (Å²) in [5.41, 5.74) is 0.719. The summed E-state index contributed by atoms with van der Waals surface area (Å²) in [6, 6.07) is 14.0. The zero-order chi connectivity index (χ0) is 19.1. The van der Waals surface area contributed by atoms with Crippen LogP contribution in [-0.4, -0.2) is 38.4 Å². The highest BCUT2D eigenvalue weighted by molar-refractivity contribution is 7.89.